The van der Waals surface area contributed by atoms with Gasteiger partial charge in [0.15, 0.2) is 5.78 Å². The SMILES string of the molecule is O=C(/C=C\c1ccc2ccccc2c1)c1coc2ccccc2c1=O. The fraction of sp³-hybridized carbons (Fsp3) is 0. The molecule has 0 atom stereocenters. The van der Waals surface area contributed by atoms with Gasteiger partial charge in [-0.05, 0) is 40.6 Å². The molecule has 0 aliphatic rings. The Balaban J connectivity index is 1.68. The lowest BCUT2D eigenvalue weighted by Gasteiger charge is -2.00. The third-order valence-electron chi connectivity index (χ3n) is 4.15. The first-order chi connectivity index (χ1) is 12.2. The second-order valence-electron chi connectivity index (χ2n) is 5.78. The minimum atomic E-state index is -0.368. The zero-order valence-electron chi connectivity index (χ0n) is 13.3. The van der Waals surface area contributed by atoms with Gasteiger partial charge in [0.2, 0.25) is 5.43 Å². The number of carbonyl (C=O) groups is 1. The molecular weight excluding hydrogens is 312 g/mol. The van der Waals surface area contributed by atoms with Crippen molar-refractivity contribution in [3.63, 3.8) is 0 Å². The van der Waals surface area contributed by atoms with E-state index in [0.717, 1.165) is 16.3 Å². The van der Waals surface area contributed by atoms with Gasteiger partial charge in [-0.1, -0.05) is 54.6 Å². The Morgan fingerprint density at radius 2 is 1.64 bits per heavy atom. The van der Waals surface area contributed by atoms with Crippen molar-refractivity contribution in [2.45, 2.75) is 0 Å². The Hall–Kier alpha value is -3.46. The summed E-state index contributed by atoms with van der Waals surface area (Å²) in [7, 11) is 0. The van der Waals surface area contributed by atoms with Crippen LogP contribution in [0, 0.1) is 0 Å². The molecule has 0 unspecified atom stereocenters. The molecule has 0 N–H and O–H groups in total. The molecule has 1 aromatic heterocycles. The Bertz CT molecular complexity index is 1180. The molecule has 0 aliphatic heterocycles. The van der Waals surface area contributed by atoms with Gasteiger partial charge in [0.25, 0.3) is 0 Å². The largest absolute Gasteiger partial charge is 0.463 e. The van der Waals surface area contributed by atoms with Crippen LogP contribution >= 0.6 is 0 Å². The quantitative estimate of drug-likeness (QED) is 0.400. The van der Waals surface area contributed by atoms with Crippen LogP contribution in [-0.4, -0.2) is 5.78 Å². The number of hydrogen-bond acceptors (Lipinski definition) is 3. The van der Waals surface area contributed by atoms with Crippen molar-refractivity contribution >= 4 is 33.6 Å². The van der Waals surface area contributed by atoms with Gasteiger partial charge < -0.3 is 4.42 Å². The molecule has 3 nitrogen and oxygen atoms in total. The highest BCUT2D eigenvalue weighted by atomic mass is 16.3. The molecule has 3 heteroatoms. The fourth-order valence-electron chi connectivity index (χ4n) is 2.82. The summed E-state index contributed by atoms with van der Waals surface area (Å²) in [6.45, 7) is 0. The molecule has 0 amide bonds. The lowest BCUT2D eigenvalue weighted by molar-refractivity contribution is 0.104. The standard InChI is InChI=1S/C22H14O3/c23-20(19-14-25-21-8-4-3-7-18(21)22(19)24)12-10-15-9-11-16-5-1-2-6-17(16)13-15/h1-14H/b12-10-. The molecule has 3 aromatic carbocycles. The van der Waals surface area contributed by atoms with Gasteiger partial charge in [0.1, 0.15) is 17.4 Å². The van der Waals surface area contributed by atoms with Crippen LogP contribution in [-0.2, 0) is 0 Å². The summed E-state index contributed by atoms with van der Waals surface area (Å²) in [6.07, 6.45) is 4.35. The van der Waals surface area contributed by atoms with E-state index in [1.165, 1.54) is 12.3 Å². The molecular formula is C22H14O3. The van der Waals surface area contributed by atoms with E-state index in [0.29, 0.717) is 11.0 Å². The number of rotatable bonds is 3. The zero-order valence-corrected chi connectivity index (χ0v) is 13.3. The number of carbonyl (C=O) groups excluding carboxylic acids is 1. The summed E-state index contributed by atoms with van der Waals surface area (Å²) in [5.41, 5.74) is 1.10. The third-order valence-corrected chi connectivity index (χ3v) is 4.15. The van der Waals surface area contributed by atoms with Crippen molar-refractivity contribution in [1.82, 2.24) is 0 Å². The molecule has 0 saturated heterocycles. The van der Waals surface area contributed by atoms with Crippen molar-refractivity contribution in [2.24, 2.45) is 0 Å². The maximum Gasteiger partial charge on any atom is 0.203 e. The van der Waals surface area contributed by atoms with Crippen LogP contribution in [0.5, 0.6) is 0 Å². The second kappa shape index (κ2) is 6.21. The average Bonchev–Trinajstić information content (AvgIpc) is 2.66. The highest BCUT2D eigenvalue weighted by Gasteiger charge is 2.11. The summed E-state index contributed by atoms with van der Waals surface area (Å²) in [5.74, 6) is -0.368. The van der Waals surface area contributed by atoms with Gasteiger partial charge in [-0.25, -0.2) is 0 Å². The third kappa shape index (κ3) is 2.88. The van der Waals surface area contributed by atoms with E-state index in [2.05, 4.69) is 0 Å². The summed E-state index contributed by atoms with van der Waals surface area (Å²) in [5, 5.41) is 2.65. The van der Waals surface area contributed by atoms with Crippen LogP contribution < -0.4 is 5.43 Å². The van der Waals surface area contributed by atoms with Crippen molar-refractivity contribution in [2.75, 3.05) is 0 Å². The van der Waals surface area contributed by atoms with Gasteiger partial charge in [-0.2, -0.15) is 0 Å². The average molecular weight is 326 g/mol. The van der Waals surface area contributed by atoms with E-state index in [9.17, 15) is 9.59 Å². The summed E-state index contributed by atoms with van der Waals surface area (Å²) >= 11 is 0. The molecule has 0 radical (unpaired) electrons. The topological polar surface area (TPSA) is 47.3 Å². The predicted octanol–water partition coefficient (Wildman–Crippen LogP) is 4.84. The molecule has 0 spiro atoms. The molecule has 25 heavy (non-hydrogen) atoms. The maximum absolute atomic E-state index is 12.4. The zero-order chi connectivity index (χ0) is 17.2. The van der Waals surface area contributed by atoms with E-state index >= 15 is 0 Å². The minimum Gasteiger partial charge on any atom is -0.463 e. The monoisotopic (exact) mass is 326 g/mol. The normalized spacial score (nSPS) is 11.4. The first kappa shape index (κ1) is 15.1. The molecule has 0 bridgehead atoms. The number of para-hydroxylation sites is 1. The maximum atomic E-state index is 12.4. The van der Waals surface area contributed by atoms with Crippen molar-refractivity contribution < 1.29 is 9.21 Å². The van der Waals surface area contributed by atoms with Crippen LogP contribution in [0.25, 0.3) is 27.8 Å². The lowest BCUT2D eigenvalue weighted by atomic mass is 10.1. The van der Waals surface area contributed by atoms with Gasteiger partial charge in [-0.3, -0.25) is 9.59 Å². The smallest absolute Gasteiger partial charge is 0.203 e. The van der Waals surface area contributed by atoms with Gasteiger partial charge in [0.05, 0.1) is 5.39 Å². The molecule has 120 valence electrons. The van der Waals surface area contributed by atoms with Gasteiger partial charge in [0, 0.05) is 0 Å². The fourth-order valence-corrected chi connectivity index (χ4v) is 2.82. The van der Waals surface area contributed by atoms with E-state index in [-0.39, 0.29) is 16.8 Å². The van der Waals surface area contributed by atoms with Crippen LogP contribution in [0.3, 0.4) is 0 Å². The highest BCUT2D eigenvalue weighted by Crippen LogP contribution is 2.17. The molecule has 1 heterocycles. The van der Waals surface area contributed by atoms with Crippen LogP contribution in [0.1, 0.15) is 15.9 Å². The number of benzene rings is 3. The first-order valence-electron chi connectivity index (χ1n) is 7.94. The predicted molar refractivity (Wildman–Crippen MR) is 99.8 cm³/mol. The summed E-state index contributed by atoms with van der Waals surface area (Å²) < 4.78 is 5.40. The molecule has 0 fully saturated rings. The number of ketones is 1. The van der Waals surface area contributed by atoms with Crippen molar-refractivity contribution in [3.8, 4) is 0 Å². The highest BCUT2D eigenvalue weighted by molar-refractivity contribution is 6.07. The number of fused-ring (bicyclic) bond motifs is 2. The van der Waals surface area contributed by atoms with Crippen molar-refractivity contribution in [1.29, 1.82) is 0 Å². The Kier molecular flexibility index (Phi) is 3.75. The molecule has 0 saturated carbocycles. The molecule has 0 aliphatic carbocycles. The first-order valence-corrected chi connectivity index (χ1v) is 7.94. The number of hydrogen-bond donors (Lipinski definition) is 0. The van der Waals surface area contributed by atoms with Crippen LogP contribution in [0.2, 0.25) is 0 Å². The molecule has 4 aromatic rings. The number of allylic oxidation sites excluding steroid dienone is 1. The van der Waals surface area contributed by atoms with Crippen molar-refractivity contribution in [3.05, 3.63) is 100 Å². The van der Waals surface area contributed by atoms with Crippen LogP contribution in [0.4, 0.5) is 0 Å². The summed E-state index contributed by atoms with van der Waals surface area (Å²) in [4.78, 5) is 24.8. The Labute approximate surface area is 143 Å². The summed E-state index contributed by atoms with van der Waals surface area (Å²) in [6, 6.07) is 20.9. The second-order valence-corrected chi connectivity index (χ2v) is 5.78. The minimum absolute atomic E-state index is 0.0377. The van der Waals surface area contributed by atoms with E-state index in [1.54, 1.807) is 30.3 Å². The van der Waals surface area contributed by atoms with E-state index in [1.807, 2.05) is 42.5 Å². The van der Waals surface area contributed by atoms with Gasteiger partial charge >= 0.3 is 0 Å². The molecule has 4 rings (SSSR count). The van der Waals surface area contributed by atoms with E-state index < -0.39 is 0 Å². The van der Waals surface area contributed by atoms with Gasteiger partial charge in [-0.15, -0.1) is 0 Å². The van der Waals surface area contributed by atoms with E-state index in [4.69, 9.17) is 4.42 Å². The Morgan fingerprint density at radius 1 is 0.880 bits per heavy atom. The Morgan fingerprint density at radius 3 is 2.52 bits per heavy atom. The lowest BCUT2D eigenvalue weighted by Crippen LogP contribution is -2.13. The van der Waals surface area contributed by atoms with Crippen LogP contribution in [0.15, 0.2) is 88.3 Å².